The zero-order valence-electron chi connectivity index (χ0n) is 23.1. The normalized spacial score (nSPS) is 15.1. The van der Waals surface area contributed by atoms with Crippen LogP contribution in [0.25, 0.3) is 5.83 Å². The molecule has 0 saturated heterocycles. The number of rotatable bonds is 11. The van der Waals surface area contributed by atoms with Crippen LogP contribution in [-0.2, 0) is 21.9 Å². The van der Waals surface area contributed by atoms with Crippen LogP contribution in [0.15, 0.2) is 42.5 Å². The number of hydrogen-bond donors (Lipinski definition) is 1. The third-order valence-corrected chi connectivity index (χ3v) is 8.03. The van der Waals surface area contributed by atoms with Crippen LogP contribution in [0.3, 0.4) is 0 Å². The molecule has 2 rings (SSSR count). The number of hydrogen-bond acceptors (Lipinski definition) is 3. The molecule has 0 spiro atoms. The summed E-state index contributed by atoms with van der Waals surface area (Å²) in [5.74, 6) is -13.6. The van der Waals surface area contributed by atoms with Gasteiger partial charge < -0.3 is 5.32 Å². The molecule has 2 atom stereocenters. The van der Waals surface area contributed by atoms with Crippen LogP contribution in [0.2, 0.25) is 5.02 Å². The Kier molecular flexibility index (Phi) is 11.7. The quantitative estimate of drug-likeness (QED) is 0.238. The minimum absolute atomic E-state index is 0.0158. The van der Waals surface area contributed by atoms with Crippen molar-refractivity contribution in [3.05, 3.63) is 75.3 Å². The lowest BCUT2D eigenvalue weighted by Gasteiger charge is -2.22. The summed E-state index contributed by atoms with van der Waals surface area (Å²) in [6.45, 7) is 2.29. The Hall–Kier alpha value is -2.95. The molecular formula is C27H24ClF12NO3S. The van der Waals surface area contributed by atoms with Crippen LogP contribution >= 0.6 is 11.6 Å². The van der Waals surface area contributed by atoms with Crippen molar-refractivity contribution in [3.63, 3.8) is 0 Å². The first-order valence-electron chi connectivity index (χ1n) is 12.7. The summed E-state index contributed by atoms with van der Waals surface area (Å²) in [4.78, 5) is 12.5. The van der Waals surface area contributed by atoms with E-state index in [1.807, 2.05) is 0 Å². The Morgan fingerprint density at radius 1 is 0.956 bits per heavy atom. The minimum Gasteiger partial charge on any atom is -0.349 e. The van der Waals surface area contributed by atoms with Gasteiger partial charge in [0.15, 0.2) is 9.84 Å². The lowest BCUT2D eigenvalue weighted by Crippen LogP contribution is -2.40. The second-order valence-corrected chi connectivity index (χ2v) is 12.6. The van der Waals surface area contributed by atoms with Gasteiger partial charge in [0.2, 0.25) is 0 Å². The Balaban J connectivity index is 2.52. The average molecular weight is 706 g/mol. The van der Waals surface area contributed by atoms with Crippen LogP contribution in [-0.4, -0.2) is 44.2 Å². The summed E-state index contributed by atoms with van der Waals surface area (Å²) >= 11 is 5.76. The van der Waals surface area contributed by atoms with Gasteiger partial charge >= 0.3 is 18.5 Å². The van der Waals surface area contributed by atoms with E-state index in [2.05, 4.69) is 0 Å². The maximum atomic E-state index is 15.1. The van der Waals surface area contributed by atoms with E-state index in [-0.39, 0.29) is 18.6 Å². The SMILES string of the molecule is CCCC(F)(F)c1cc(Cl)cc(C(/C=C(\F)c2ccc(C(=O)NC(C)CS(=O)(=O)CC(F)(F)F)c(C(F)(F)F)c2)C(F)(F)F)c1. The van der Waals surface area contributed by atoms with Crippen molar-refractivity contribution in [1.82, 2.24) is 5.32 Å². The van der Waals surface area contributed by atoms with Crippen molar-refractivity contribution in [2.75, 3.05) is 11.5 Å². The predicted molar refractivity (Wildman–Crippen MR) is 141 cm³/mol. The second-order valence-electron chi connectivity index (χ2n) is 10.1. The Morgan fingerprint density at radius 3 is 2.07 bits per heavy atom. The van der Waals surface area contributed by atoms with Gasteiger partial charge in [0.1, 0.15) is 17.5 Å². The molecule has 0 bridgehead atoms. The van der Waals surface area contributed by atoms with Gasteiger partial charge in [-0.05, 0) is 48.9 Å². The molecule has 2 aromatic rings. The standard InChI is InChI=1S/C27H24ClF12NO3S/c1-3-6-24(30,31)17-7-16(8-18(28)10-17)20(26(35,36)37)11-22(29)15-4-5-19(21(9-15)27(38,39)40)23(42)41-14(2)12-45(43,44)13-25(32,33)34/h4-5,7-11,14,20H,3,6,12-13H2,1-2H3,(H,41,42)/b22-11-. The molecule has 252 valence electrons. The maximum Gasteiger partial charge on any atom is 0.417 e. The molecule has 2 aromatic carbocycles. The number of nitrogens with one attached hydrogen (secondary N) is 1. The number of benzene rings is 2. The summed E-state index contributed by atoms with van der Waals surface area (Å²) in [6, 6.07) is 1.03. The zero-order chi connectivity index (χ0) is 34.8. The van der Waals surface area contributed by atoms with E-state index >= 15 is 4.39 Å². The summed E-state index contributed by atoms with van der Waals surface area (Å²) in [5.41, 5.74) is -6.06. The van der Waals surface area contributed by atoms with Crippen molar-refractivity contribution < 1.29 is 65.9 Å². The number of amides is 1. The number of allylic oxidation sites excluding steroid dienone is 1. The molecule has 0 heterocycles. The summed E-state index contributed by atoms with van der Waals surface area (Å²) in [7, 11) is -4.85. The molecule has 1 amide bonds. The fourth-order valence-electron chi connectivity index (χ4n) is 4.24. The van der Waals surface area contributed by atoms with Crippen molar-refractivity contribution in [1.29, 1.82) is 0 Å². The fourth-order valence-corrected chi connectivity index (χ4v) is 5.95. The highest BCUT2D eigenvalue weighted by Crippen LogP contribution is 2.43. The number of halogens is 13. The fraction of sp³-hybridized carbons (Fsp3) is 0.444. The van der Waals surface area contributed by atoms with E-state index in [1.54, 1.807) is 5.32 Å². The Morgan fingerprint density at radius 2 is 1.56 bits per heavy atom. The van der Waals surface area contributed by atoms with E-state index in [0.29, 0.717) is 24.3 Å². The van der Waals surface area contributed by atoms with E-state index in [0.717, 1.165) is 13.0 Å². The van der Waals surface area contributed by atoms with Crippen LogP contribution in [0, 0.1) is 0 Å². The molecule has 0 fully saturated rings. The Labute approximate surface area is 254 Å². The zero-order valence-corrected chi connectivity index (χ0v) is 24.6. The average Bonchev–Trinajstić information content (AvgIpc) is 2.83. The van der Waals surface area contributed by atoms with Crippen molar-refractivity contribution in [2.45, 2.75) is 63.1 Å². The Bertz CT molecular complexity index is 1520. The summed E-state index contributed by atoms with van der Waals surface area (Å²) in [5, 5.41) is 1.24. The lowest BCUT2D eigenvalue weighted by atomic mass is 9.92. The number of alkyl halides is 11. The minimum atomic E-state index is -5.43. The molecule has 45 heavy (non-hydrogen) atoms. The van der Waals surface area contributed by atoms with Crippen molar-refractivity contribution in [2.24, 2.45) is 0 Å². The van der Waals surface area contributed by atoms with E-state index in [9.17, 15) is 61.5 Å². The third kappa shape index (κ3) is 11.1. The van der Waals surface area contributed by atoms with E-state index in [1.165, 1.54) is 6.92 Å². The number of carbonyl (C=O) groups excluding carboxylic acids is 1. The largest absolute Gasteiger partial charge is 0.417 e. The monoisotopic (exact) mass is 705 g/mol. The molecular weight excluding hydrogens is 682 g/mol. The number of sulfone groups is 1. The van der Waals surface area contributed by atoms with Gasteiger partial charge in [-0.3, -0.25) is 4.79 Å². The van der Waals surface area contributed by atoms with Gasteiger partial charge in [0, 0.05) is 28.6 Å². The van der Waals surface area contributed by atoms with Crippen LogP contribution in [0.1, 0.15) is 65.2 Å². The van der Waals surface area contributed by atoms with Crippen LogP contribution in [0.5, 0.6) is 0 Å². The molecule has 0 saturated carbocycles. The highest BCUT2D eigenvalue weighted by molar-refractivity contribution is 7.91. The maximum absolute atomic E-state index is 15.1. The molecule has 0 aliphatic carbocycles. The van der Waals surface area contributed by atoms with Crippen LogP contribution in [0.4, 0.5) is 52.7 Å². The first-order valence-corrected chi connectivity index (χ1v) is 14.9. The van der Waals surface area contributed by atoms with Gasteiger partial charge in [0.25, 0.3) is 11.8 Å². The molecule has 0 radical (unpaired) electrons. The molecule has 18 heteroatoms. The number of carbonyl (C=O) groups is 1. The molecule has 4 nitrogen and oxygen atoms in total. The van der Waals surface area contributed by atoms with Gasteiger partial charge in [0.05, 0.1) is 16.9 Å². The first-order chi connectivity index (χ1) is 20.3. The van der Waals surface area contributed by atoms with Crippen molar-refractivity contribution >= 4 is 33.2 Å². The first kappa shape index (κ1) is 38.2. The highest BCUT2D eigenvalue weighted by atomic mass is 35.5. The predicted octanol–water partition coefficient (Wildman–Crippen LogP) is 9.00. The van der Waals surface area contributed by atoms with E-state index < -0.39 is 109 Å². The summed E-state index contributed by atoms with van der Waals surface area (Å²) < 4.78 is 188. The third-order valence-electron chi connectivity index (χ3n) is 6.04. The van der Waals surface area contributed by atoms with Crippen LogP contribution < -0.4 is 5.32 Å². The molecule has 2 unspecified atom stereocenters. The molecule has 0 aromatic heterocycles. The van der Waals surface area contributed by atoms with Gasteiger partial charge in [-0.2, -0.15) is 39.5 Å². The van der Waals surface area contributed by atoms with Gasteiger partial charge in [-0.15, -0.1) is 0 Å². The van der Waals surface area contributed by atoms with E-state index in [4.69, 9.17) is 11.6 Å². The smallest absolute Gasteiger partial charge is 0.349 e. The highest BCUT2D eigenvalue weighted by Gasteiger charge is 2.42. The second kappa shape index (κ2) is 13.8. The lowest BCUT2D eigenvalue weighted by molar-refractivity contribution is -0.140. The molecule has 0 aliphatic heterocycles. The molecule has 0 aliphatic rings. The van der Waals surface area contributed by atoms with Crippen molar-refractivity contribution in [3.8, 4) is 0 Å². The summed E-state index contributed by atoms with van der Waals surface area (Å²) in [6.07, 6.45) is -16.9. The van der Waals surface area contributed by atoms with Gasteiger partial charge in [-0.25, -0.2) is 21.6 Å². The molecule has 1 N–H and O–H groups in total. The topological polar surface area (TPSA) is 63.2 Å². The van der Waals surface area contributed by atoms with Gasteiger partial charge in [-0.1, -0.05) is 31.0 Å².